The number of benzene rings is 1. The van der Waals surface area contributed by atoms with E-state index in [2.05, 4.69) is 37.5 Å². The molecule has 0 saturated carbocycles. The fraction of sp³-hybridized carbons (Fsp3) is 0.250. The number of aryl methyl sites for hydroxylation is 1. The number of oxazole rings is 1. The summed E-state index contributed by atoms with van der Waals surface area (Å²) in [6, 6.07) is 5.91. The average molecular weight is 504 g/mol. The molecule has 0 N–H and O–H groups in total. The summed E-state index contributed by atoms with van der Waals surface area (Å²) in [5.74, 6) is 2.40. The van der Waals surface area contributed by atoms with Crippen molar-refractivity contribution in [2.24, 2.45) is 0 Å². The third kappa shape index (κ3) is 3.39. The van der Waals surface area contributed by atoms with Crippen LogP contribution in [0.2, 0.25) is 0 Å². The molecule has 29 heavy (non-hydrogen) atoms. The second-order valence-corrected chi connectivity index (χ2v) is 7.95. The quantitative estimate of drug-likeness (QED) is 0.390. The van der Waals surface area contributed by atoms with Gasteiger partial charge >= 0.3 is 0 Å². The molecule has 0 saturated heterocycles. The van der Waals surface area contributed by atoms with Crippen LogP contribution in [0.3, 0.4) is 0 Å². The van der Waals surface area contributed by atoms with Crippen molar-refractivity contribution in [1.29, 1.82) is 0 Å². The summed E-state index contributed by atoms with van der Waals surface area (Å²) in [6.07, 6.45) is 4.87. The van der Waals surface area contributed by atoms with E-state index in [1.54, 1.807) is 26.6 Å². The molecule has 4 aromatic rings. The minimum atomic E-state index is -0.344. The number of fused-ring (bicyclic) bond motifs is 2. The third-order valence-corrected chi connectivity index (χ3v) is 5.28. The van der Waals surface area contributed by atoms with Crippen molar-refractivity contribution in [1.82, 2.24) is 19.5 Å². The summed E-state index contributed by atoms with van der Waals surface area (Å²) >= 11 is 2.23. The number of methoxy groups -OCH3 is 1. The molecule has 0 amide bonds. The maximum Gasteiger partial charge on any atom is 0.204 e. The van der Waals surface area contributed by atoms with Crippen LogP contribution in [0.4, 0.5) is 0 Å². The summed E-state index contributed by atoms with van der Waals surface area (Å²) in [5, 5.41) is 0. The Morgan fingerprint density at radius 2 is 2.17 bits per heavy atom. The highest BCUT2D eigenvalue weighted by molar-refractivity contribution is 14.1. The van der Waals surface area contributed by atoms with Crippen molar-refractivity contribution in [3.05, 3.63) is 57.7 Å². The van der Waals surface area contributed by atoms with Crippen LogP contribution in [-0.4, -0.2) is 33.2 Å². The molecular weight excluding hydrogens is 487 g/mol. The largest absolute Gasteiger partial charge is 0.493 e. The van der Waals surface area contributed by atoms with Gasteiger partial charge in [-0.2, -0.15) is 0 Å². The highest BCUT2D eigenvalue weighted by Gasteiger charge is 2.28. The number of nitrogens with zero attached hydrogens (tertiary/aromatic N) is 4. The van der Waals surface area contributed by atoms with E-state index in [1.165, 1.54) is 0 Å². The van der Waals surface area contributed by atoms with Crippen LogP contribution < -0.4 is 14.2 Å². The lowest BCUT2D eigenvalue weighted by Crippen LogP contribution is -2.22. The maximum absolute atomic E-state index is 6.12. The lowest BCUT2D eigenvalue weighted by molar-refractivity contribution is 0.0840. The smallest absolute Gasteiger partial charge is 0.204 e. The van der Waals surface area contributed by atoms with Gasteiger partial charge < -0.3 is 23.2 Å². The third-order valence-electron chi connectivity index (χ3n) is 4.69. The van der Waals surface area contributed by atoms with E-state index in [-0.39, 0.29) is 6.10 Å². The Kier molecular flexibility index (Phi) is 4.53. The minimum Gasteiger partial charge on any atom is -0.493 e. The van der Waals surface area contributed by atoms with Crippen LogP contribution in [0.25, 0.3) is 11.2 Å². The Hall–Kier alpha value is -2.82. The van der Waals surface area contributed by atoms with Gasteiger partial charge in [-0.1, -0.05) is 0 Å². The molecule has 0 aliphatic carbocycles. The van der Waals surface area contributed by atoms with Crippen LogP contribution in [0, 0.1) is 10.5 Å². The molecule has 1 unspecified atom stereocenters. The van der Waals surface area contributed by atoms with Gasteiger partial charge in [0.2, 0.25) is 5.75 Å². The Morgan fingerprint density at radius 3 is 2.97 bits per heavy atom. The summed E-state index contributed by atoms with van der Waals surface area (Å²) in [5.41, 5.74) is 3.40. The molecule has 1 aromatic carbocycles. The first-order valence-electron chi connectivity index (χ1n) is 8.99. The molecule has 4 heterocycles. The zero-order valence-corrected chi connectivity index (χ0v) is 17.9. The van der Waals surface area contributed by atoms with Crippen molar-refractivity contribution in [2.45, 2.75) is 19.6 Å². The number of rotatable bonds is 4. The molecule has 1 aliphatic heterocycles. The van der Waals surface area contributed by atoms with Gasteiger partial charge in [0.05, 0.1) is 20.0 Å². The first kappa shape index (κ1) is 18.2. The van der Waals surface area contributed by atoms with Crippen LogP contribution >= 0.6 is 22.6 Å². The molecule has 0 bridgehead atoms. The van der Waals surface area contributed by atoms with Gasteiger partial charge in [0.1, 0.15) is 24.1 Å². The van der Waals surface area contributed by atoms with E-state index in [0.29, 0.717) is 42.0 Å². The minimum absolute atomic E-state index is 0.344. The summed E-state index contributed by atoms with van der Waals surface area (Å²) in [7, 11) is 1.61. The molecule has 1 aliphatic rings. The van der Waals surface area contributed by atoms with Crippen molar-refractivity contribution in [3.63, 3.8) is 0 Å². The van der Waals surface area contributed by atoms with E-state index in [9.17, 15) is 0 Å². The summed E-state index contributed by atoms with van der Waals surface area (Å²) in [4.78, 5) is 13.3. The topological polar surface area (TPSA) is 84.4 Å². The number of hydrogen-bond acceptors (Lipinski definition) is 7. The highest BCUT2D eigenvalue weighted by atomic mass is 127. The Balaban J connectivity index is 1.46. The number of ether oxygens (including phenoxy) is 3. The Labute approximate surface area is 180 Å². The molecule has 148 valence electrons. The highest BCUT2D eigenvalue weighted by Crippen LogP contribution is 2.44. The molecule has 9 heteroatoms. The van der Waals surface area contributed by atoms with Crippen LogP contribution in [0.15, 0.2) is 41.4 Å². The van der Waals surface area contributed by atoms with Gasteiger partial charge in [0, 0.05) is 16.7 Å². The number of imidazole rings is 1. The normalized spacial score (nSPS) is 15.6. The predicted octanol–water partition coefficient (Wildman–Crippen LogP) is 3.90. The van der Waals surface area contributed by atoms with Gasteiger partial charge in [0.15, 0.2) is 29.1 Å². The molecule has 8 nitrogen and oxygen atoms in total. The molecule has 0 fully saturated rings. The standard InChI is InChI=1S/C20H17IN4O4/c1-11-24-15(8-27-11)18-9-28-17-4-12(3-16(26-2)19(17)29-18)7-25-10-23-14-5-13(21)6-22-20(14)25/h3-6,8,10,18H,7,9H2,1-2H3. The first-order valence-corrected chi connectivity index (χ1v) is 10.1. The number of pyridine rings is 1. The van der Waals surface area contributed by atoms with Gasteiger partial charge in [-0.05, 0) is 46.4 Å². The second kappa shape index (κ2) is 7.21. The van der Waals surface area contributed by atoms with E-state index < -0.39 is 0 Å². The lowest BCUT2D eigenvalue weighted by atomic mass is 10.1. The number of hydrogen-bond donors (Lipinski definition) is 0. The Morgan fingerprint density at radius 1 is 1.28 bits per heavy atom. The fourth-order valence-electron chi connectivity index (χ4n) is 3.35. The first-order chi connectivity index (χ1) is 14.1. The van der Waals surface area contributed by atoms with Crippen molar-refractivity contribution in [3.8, 4) is 17.2 Å². The Bertz CT molecular complexity index is 1190. The SMILES string of the molecule is COc1cc(Cn2cnc3cc(I)cnc32)cc2c1OC(c1coc(C)n1)CO2. The zero-order valence-electron chi connectivity index (χ0n) is 15.8. The van der Waals surface area contributed by atoms with E-state index in [0.717, 1.165) is 20.3 Å². The van der Waals surface area contributed by atoms with E-state index in [1.807, 2.05) is 29.0 Å². The maximum atomic E-state index is 6.12. The summed E-state index contributed by atoms with van der Waals surface area (Å²) < 4.78 is 26.0. The predicted molar refractivity (Wildman–Crippen MR) is 112 cm³/mol. The molecule has 3 aromatic heterocycles. The van der Waals surface area contributed by atoms with Crippen LogP contribution in [0.1, 0.15) is 23.3 Å². The summed E-state index contributed by atoms with van der Waals surface area (Å²) in [6.45, 7) is 2.73. The lowest BCUT2D eigenvalue weighted by Gasteiger charge is -2.27. The number of halogens is 1. The van der Waals surface area contributed by atoms with Crippen molar-refractivity contribution in [2.75, 3.05) is 13.7 Å². The van der Waals surface area contributed by atoms with Crippen molar-refractivity contribution >= 4 is 33.8 Å². The average Bonchev–Trinajstić information content (AvgIpc) is 3.33. The fourth-order valence-corrected chi connectivity index (χ4v) is 3.78. The van der Waals surface area contributed by atoms with E-state index >= 15 is 0 Å². The van der Waals surface area contributed by atoms with Gasteiger partial charge in [-0.3, -0.25) is 0 Å². The van der Waals surface area contributed by atoms with E-state index in [4.69, 9.17) is 18.6 Å². The molecular formula is C20H17IN4O4. The molecule has 0 spiro atoms. The number of aromatic nitrogens is 4. The van der Waals surface area contributed by atoms with Gasteiger partial charge in [-0.15, -0.1) is 0 Å². The van der Waals surface area contributed by atoms with Crippen LogP contribution in [-0.2, 0) is 6.54 Å². The van der Waals surface area contributed by atoms with Gasteiger partial charge in [-0.25, -0.2) is 15.0 Å². The second-order valence-electron chi connectivity index (χ2n) is 6.70. The zero-order chi connectivity index (χ0) is 20.0. The monoisotopic (exact) mass is 504 g/mol. The van der Waals surface area contributed by atoms with Crippen molar-refractivity contribution < 1.29 is 18.6 Å². The van der Waals surface area contributed by atoms with Crippen LogP contribution in [0.5, 0.6) is 17.2 Å². The molecule has 1 atom stereocenters. The molecule has 5 rings (SSSR count). The van der Waals surface area contributed by atoms with Gasteiger partial charge in [0.25, 0.3) is 0 Å². The molecule has 0 radical (unpaired) electrons.